The van der Waals surface area contributed by atoms with Crippen LogP contribution in [-0.4, -0.2) is 16.0 Å². The summed E-state index contributed by atoms with van der Waals surface area (Å²) in [5, 5.41) is 18.2. The smallest absolute Gasteiger partial charge is 0.247 e. The molecule has 0 radical (unpaired) electrons. The molecule has 0 spiro atoms. The van der Waals surface area contributed by atoms with Crippen LogP contribution in [0.15, 0.2) is 18.2 Å². The van der Waals surface area contributed by atoms with Crippen LogP contribution in [0.1, 0.15) is 16.7 Å². The van der Waals surface area contributed by atoms with E-state index in [9.17, 15) is 4.79 Å². The summed E-state index contributed by atoms with van der Waals surface area (Å²) >= 11 is 4.56. The number of rotatable bonds is 2. The number of benzene rings is 1. The number of nitrogens with two attached hydrogens (primary N) is 2. The molecule has 1 amide bonds. The summed E-state index contributed by atoms with van der Waals surface area (Å²) < 4.78 is 0. The summed E-state index contributed by atoms with van der Waals surface area (Å²) in [5.74, 6) is 4.79. The van der Waals surface area contributed by atoms with Crippen molar-refractivity contribution in [1.29, 1.82) is 10.5 Å². The Morgan fingerprint density at radius 1 is 1.39 bits per heavy atom. The molecule has 18 heavy (non-hydrogen) atoms. The van der Waals surface area contributed by atoms with Crippen LogP contribution >= 0.6 is 12.2 Å². The van der Waals surface area contributed by atoms with Crippen molar-refractivity contribution in [2.45, 2.75) is 6.42 Å². The van der Waals surface area contributed by atoms with Gasteiger partial charge in [0.15, 0.2) is 5.11 Å². The van der Waals surface area contributed by atoms with Crippen LogP contribution in [-0.2, 0) is 11.2 Å². The second-order valence-corrected chi connectivity index (χ2v) is 3.76. The maximum absolute atomic E-state index is 11.7. The number of nitriles is 2. The van der Waals surface area contributed by atoms with Gasteiger partial charge < -0.3 is 5.73 Å². The van der Waals surface area contributed by atoms with Gasteiger partial charge in [0, 0.05) is 0 Å². The number of nitrogens with zero attached hydrogens (tertiary/aromatic N) is 3. The van der Waals surface area contributed by atoms with Crippen molar-refractivity contribution in [3.8, 4) is 12.1 Å². The molecule has 0 aliphatic heterocycles. The zero-order valence-electron chi connectivity index (χ0n) is 9.25. The lowest BCUT2D eigenvalue weighted by molar-refractivity contribution is -0.126. The van der Waals surface area contributed by atoms with Crippen LogP contribution in [0, 0.1) is 22.7 Å². The van der Waals surface area contributed by atoms with E-state index >= 15 is 0 Å². The number of thiocarbonyl (C=S) groups is 1. The predicted octanol–water partition coefficient (Wildman–Crippen LogP) is -0.0816. The topological polar surface area (TPSA) is 120 Å². The molecule has 7 heteroatoms. The molecule has 0 unspecified atom stereocenters. The van der Waals surface area contributed by atoms with E-state index in [1.807, 2.05) is 12.1 Å². The molecule has 6 nitrogen and oxygen atoms in total. The summed E-state index contributed by atoms with van der Waals surface area (Å²) in [5.41, 5.74) is 5.99. The zero-order valence-corrected chi connectivity index (χ0v) is 10.1. The number of carbonyl (C=O) groups excluding carboxylic acids is 1. The second kappa shape index (κ2) is 5.73. The lowest BCUT2D eigenvalue weighted by atomic mass is 10.00. The number of carbonyl (C=O) groups is 1. The largest absolute Gasteiger partial charge is 0.375 e. The van der Waals surface area contributed by atoms with Gasteiger partial charge in [0.1, 0.15) is 12.1 Å². The van der Waals surface area contributed by atoms with Crippen LogP contribution in [0.4, 0.5) is 0 Å². The van der Waals surface area contributed by atoms with E-state index in [4.69, 9.17) is 22.1 Å². The highest BCUT2D eigenvalue weighted by molar-refractivity contribution is 7.80. The van der Waals surface area contributed by atoms with Crippen LogP contribution in [0.25, 0.3) is 0 Å². The Hall–Kier alpha value is -2.48. The molecule has 1 aromatic rings. The van der Waals surface area contributed by atoms with Crippen LogP contribution in [0.5, 0.6) is 0 Å². The van der Waals surface area contributed by atoms with Gasteiger partial charge in [0.2, 0.25) is 5.91 Å². The Morgan fingerprint density at radius 3 is 2.56 bits per heavy atom. The standard InChI is InChI=1S/C11H9N5OS/c12-5-8-3-1-2-7(9(8)6-13)4-10(17)16(15)11(14)18/h1-3H,4,15H2,(H2,14,18). The Balaban J connectivity index is 3.07. The lowest BCUT2D eigenvalue weighted by Crippen LogP contribution is -2.46. The maximum atomic E-state index is 11.7. The van der Waals surface area contributed by atoms with Gasteiger partial charge in [0.05, 0.1) is 17.5 Å². The number of hydrazine groups is 1. The second-order valence-electron chi connectivity index (χ2n) is 3.34. The van der Waals surface area contributed by atoms with Gasteiger partial charge in [-0.05, 0) is 23.8 Å². The summed E-state index contributed by atoms with van der Waals surface area (Å²) in [4.78, 5) is 11.7. The highest BCUT2D eigenvalue weighted by Crippen LogP contribution is 2.14. The Kier molecular flexibility index (Phi) is 4.33. The number of amides is 1. The van der Waals surface area contributed by atoms with Crippen molar-refractivity contribution < 1.29 is 4.79 Å². The fourth-order valence-corrected chi connectivity index (χ4v) is 1.45. The molecule has 0 atom stereocenters. The first-order valence-corrected chi connectivity index (χ1v) is 5.21. The van der Waals surface area contributed by atoms with Crippen molar-refractivity contribution in [1.82, 2.24) is 5.01 Å². The van der Waals surface area contributed by atoms with Crippen molar-refractivity contribution in [2.75, 3.05) is 0 Å². The fourth-order valence-electron chi connectivity index (χ4n) is 1.34. The Labute approximate surface area is 109 Å². The van der Waals surface area contributed by atoms with Crippen molar-refractivity contribution >= 4 is 23.2 Å². The van der Waals surface area contributed by atoms with E-state index in [1.54, 1.807) is 12.1 Å². The molecule has 90 valence electrons. The molecule has 0 fully saturated rings. The SMILES string of the molecule is N#Cc1cccc(CC(=O)N(N)C(N)=S)c1C#N. The van der Waals surface area contributed by atoms with Gasteiger partial charge in [-0.3, -0.25) is 4.79 Å². The van der Waals surface area contributed by atoms with Gasteiger partial charge in [-0.1, -0.05) is 12.1 Å². The molecular weight excluding hydrogens is 250 g/mol. The van der Waals surface area contributed by atoms with Gasteiger partial charge in [-0.15, -0.1) is 0 Å². The molecule has 0 bridgehead atoms. The van der Waals surface area contributed by atoms with E-state index < -0.39 is 5.91 Å². The summed E-state index contributed by atoms with van der Waals surface area (Å²) in [6.07, 6.45) is -0.147. The van der Waals surface area contributed by atoms with Crippen molar-refractivity contribution in [2.24, 2.45) is 11.6 Å². The average Bonchev–Trinajstić information content (AvgIpc) is 2.37. The maximum Gasteiger partial charge on any atom is 0.247 e. The molecular formula is C11H9N5OS. The average molecular weight is 259 g/mol. The molecule has 0 saturated carbocycles. The van der Waals surface area contributed by atoms with E-state index in [-0.39, 0.29) is 22.7 Å². The third kappa shape index (κ3) is 2.80. The predicted molar refractivity (Wildman–Crippen MR) is 67.4 cm³/mol. The van der Waals surface area contributed by atoms with Gasteiger partial charge >= 0.3 is 0 Å². The third-order valence-electron chi connectivity index (χ3n) is 2.23. The van der Waals surface area contributed by atoms with Crippen molar-refractivity contribution in [3.63, 3.8) is 0 Å². The fraction of sp³-hybridized carbons (Fsp3) is 0.0909. The molecule has 0 aliphatic rings. The quantitative estimate of drug-likeness (QED) is 0.331. The minimum Gasteiger partial charge on any atom is -0.375 e. The monoisotopic (exact) mass is 259 g/mol. The van der Waals surface area contributed by atoms with E-state index in [0.29, 0.717) is 10.6 Å². The van der Waals surface area contributed by atoms with E-state index in [2.05, 4.69) is 12.2 Å². The summed E-state index contributed by atoms with van der Waals surface area (Å²) in [6.45, 7) is 0. The van der Waals surface area contributed by atoms with Crippen LogP contribution in [0.3, 0.4) is 0 Å². The molecule has 0 heterocycles. The number of hydrogen-bond donors (Lipinski definition) is 2. The highest BCUT2D eigenvalue weighted by Gasteiger charge is 2.16. The van der Waals surface area contributed by atoms with E-state index in [0.717, 1.165) is 0 Å². The zero-order chi connectivity index (χ0) is 13.7. The first-order valence-electron chi connectivity index (χ1n) is 4.80. The van der Waals surface area contributed by atoms with Crippen LogP contribution < -0.4 is 11.6 Å². The molecule has 4 N–H and O–H groups in total. The van der Waals surface area contributed by atoms with Crippen molar-refractivity contribution in [3.05, 3.63) is 34.9 Å². The molecule has 1 aromatic carbocycles. The Morgan fingerprint density at radius 2 is 2.06 bits per heavy atom. The van der Waals surface area contributed by atoms with E-state index in [1.165, 1.54) is 6.07 Å². The van der Waals surface area contributed by atoms with Gasteiger partial charge in [-0.2, -0.15) is 10.5 Å². The first-order chi connectivity index (χ1) is 8.51. The minimum atomic E-state index is -0.547. The molecule has 1 rings (SSSR count). The highest BCUT2D eigenvalue weighted by atomic mass is 32.1. The molecule has 0 saturated heterocycles. The van der Waals surface area contributed by atoms with Gasteiger partial charge in [-0.25, -0.2) is 10.9 Å². The normalized spacial score (nSPS) is 9.06. The first kappa shape index (κ1) is 13.6. The van der Waals surface area contributed by atoms with Gasteiger partial charge in [0.25, 0.3) is 0 Å². The van der Waals surface area contributed by atoms with Crippen LogP contribution in [0.2, 0.25) is 0 Å². The molecule has 0 aromatic heterocycles. The molecule has 0 aliphatic carbocycles. The summed E-state index contributed by atoms with van der Waals surface area (Å²) in [7, 11) is 0. The Bertz CT molecular complexity index is 584. The summed E-state index contributed by atoms with van der Waals surface area (Å²) in [6, 6.07) is 8.43. The lowest BCUT2D eigenvalue weighted by Gasteiger charge is -2.14. The number of hydrogen-bond acceptors (Lipinski definition) is 5. The minimum absolute atomic E-state index is 0.147. The third-order valence-corrected chi connectivity index (χ3v) is 2.43.